The Morgan fingerprint density at radius 1 is 1.00 bits per heavy atom. The number of nitrogens with zero attached hydrogens (tertiary/aromatic N) is 1. The molecule has 0 spiro atoms. The second-order valence-electron chi connectivity index (χ2n) is 8.64. The summed E-state index contributed by atoms with van der Waals surface area (Å²) in [5.74, 6) is 0.211. The maximum Gasteiger partial charge on any atom is 0.321 e. The van der Waals surface area contributed by atoms with Gasteiger partial charge in [0.1, 0.15) is 0 Å². The van der Waals surface area contributed by atoms with Gasteiger partial charge in [-0.1, -0.05) is 50.1 Å². The first kappa shape index (κ1) is 22.3. The number of imide groups is 1. The molecule has 2 aliphatic rings. The average molecular weight is 415 g/mol. The minimum atomic E-state index is -0.395. The van der Waals surface area contributed by atoms with E-state index < -0.39 is 6.03 Å². The first-order chi connectivity index (χ1) is 14.5. The number of likely N-dealkylation sites (tertiary alicyclic amines) is 1. The van der Waals surface area contributed by atoms with Gasteiger partial charge in [-0.25, -0.2) is 4.79 Å². The van der Waals surface area contributed by atoms with Gasteiger partial charge in [0.05, 0.1) is 6.54 Å². The lowest BCUT2D eigenvalue weighted by Gasteiger charge is -2.31. The first-order valence-electron chi connectivity index (χ1n) is 11.2. The molecule has 1 aromatic carbocycles. The van der Waals surface area contributed by atoms with Crippen LogP contribution < -0.4 is 16.0 Å². The summed E-state index contributed by atoms with van der Waals surface area (Å²) in [5, 5.41) is 8.40. The molecule has 4 amide bonds. The van der Waals surface area contributed by atoms with Crippen molar-refractivity contribution in [1.29, 1.82) is 0 Å². The quantitative estimate of drug-likeness (QED) is 0.667. The molecule has 164 valence electrons. The largest absolute Gasteiger partial charge is 0.352 e. The molecule has 1 heterocycles. The highest BCUT2D eigenvalue weighted by Crippen LogP contribution is 2.23. The lowest BCUT2D eigenvalue weighted by Crippen LogP contribution is -2.50. The average Bonchev–Trinajstić information content (AvgIpc) is 2.75. The highest BCUT2D eigenvalue weighted by molar-refractivity contribution is 5.95. The molecule has 1 aliphatic carbocycles. The van der Waals surface area contributed by atoms with E-state index in [4.69, 9.17) is 0 Å². The first-order valence-corrected chi connectivity index (χ1v) is 11.2. The van der Waals surface area contributed by atoms with Crippen LogP contribution in [-0.4, -0.2) is 48.4 Å². The molecular weight excluding hydrogens is 380 g/mol. The second-order valence-corrected chi connectivity index (χ2v) is 8.64. The molecule has 3 N–H and O–H groups in total. The summed E-state index contributed by atoms with van der Waals surface area (Å²) in [4.78, 5) is 38.8. The number of carbonyl (C=O) groups is 3. The third-order valence-corrected chi connectivity index (χ3v) is 6.32. The highest BCUT2D eigenvalue weighted by Gasteiger charge is 2.27. The fourth-order valence-corrected chi connectivity index (χ4v) is 4.39. The van der Waals surface area contributed by atoms with Gasteiger partial charge >= 0.3 is 6.03 Å². The zero-order valence-electron chi connectivity index (χ0n) is 17.9. The van der Waals surface area contributed by atoms with Crippen LogP contribution in [0.15, 0.2) is 30.3 Å². The summed E-state index contributed by atoms with van der Waals surface area (Å²) in [6.45, 7) is 4.23. The molecule has 0 radical (unpaired) electrons. The summed E-state index contributed by atoms with van der Waals surface area (Å²) in [6, 6.07) is 9.61. The van der Waals surface area contributed by atoms with Crippen LogP contribution in [0.4, 0.5) is 4.79 Å². The molecule has 2 unspecified atom stereocenters. The Morgan fingerprint density at radius 3 is 2.40 bits per heavy atom. The lowest BCUT2D eigenvalue weighted by molar-refractivity contribution is -0.126. The zero-order chi connectivity index (χ0) is 21.3. The van der Waals surface area contributed by atoms with Crippen LogP contribution in [0.3, 0.4) is 0 Å². The normalized spacial score (nSPS) is 22.8. The van der Waals surface area contributed by atoms with Crippen LogP contribution >= 0.6 is 0 Å². The van der Waals surface area contributed by atoms with Gasteiger partial charge in [0.25, 0.3) is 0 Å². The number of benzene rings is 1. The van der Waals surface area contributed by atoms with E-state index in [-0.39, 0.29) is 30.3 Å². The van der Waals surface area contributed by atoms with Gasteiger partial charge in [0.15, 0.2) is 0 Å². The van der Waals surface area contributed by atoms with Crippen LogP contribution in [0.2, 0.25) is 0 Å². The van der Waals surface area contributed by atoms with E-state index in [0.717, 1.165) is 37.7 Å². The van der Waals surface area contributed by atoms with Crippen molar-refractivity contribution in [2.45, 2.75) is 58.0 Å². The lowest BCUT2D eigenvalue weighted by atomic mass is 9.86. The van der Waals surface area contributed by atoms with Gasteiger partial charge in [-0.2, -0.15) is 0 Å². The fraction of sp³-hybridized carbons (Fsp3) is 0.609. The van der Waals surface area contributed by atoms with Crippen LogP contribution in [0.5, 0.6) is 0 Å². The van der Waals surface area contributed by atoms with E-state index in [1.54, 1.807) is 0 Å². The van der Waals surface area contributed by atoms with Crippen LogP contribution in [0.25, 0.3) is 0 Å². The van der Waals surface area contributed by atoms with E-state index in [1.165, 1.54) is 6.42 Å². The van der Waals surface area contributed by atoms with Crippen molar-refractivity contribution in [3.05, 3.63) is 35.9 Å². The third kappa shape index (κ3) is 6.83. The predicted octanol–water partition coefficient (Wildman–Crippen LogP) is 2.42. The standard InChI is InChI=1S/C23H34N4O3/c1-17-7-5-6-10-20(17)25-23(30)26-21(28)16-27-13-11-19(12-14-27)22(29)24-15-18-8-3-2-4-9-18/h2-4,8-9,17,19-20H,5-7,10-16H2,1H3,(H,24,29)(H2,25,26,28,30). The molecule has 3 rings (SSSR count). The van der Waals surface area contributed by atoms with Crippen molar-refractivity contribution in [3.8, 4) is 0 Å². The number of nitrogens with one attached hydrogen (secondary N) is 3. The van der Waals surface area contributed by atoms with E-state index in [9.17, 15) is 14.4 Å². The van der Waals surface area contributed by atoms with Crippen LogP contribution in [0, 0.1) is 11.8 Å². The Labute approximate surface area is 179 Å². The number of hydrogen-bond donors (Lipinski definition) is 3. The molecule has 0 bridgehead atoms. The molecule has 1 aliphatic heterocycles. The van der Waals surface area contributed by atoms with Gasteiger partial charge in [-0.05, 0) is 50.3 Å². The molecule has 2 fully saturated rings. The van der Waals surface area contributed by atoms with Crippen molar-refractivity contribution in [2.75, 3.05) is 19.6 Å². The molecule has 0 aromatic heterocycles. The van der Waals surface area contributed by atoms with Gasteiger partial charge < -0.3 is 10.6 Å². The highest BCUT2D eigenvalue weighted by atomic mass is 16.2. The van der Waals surface area contributed by atoms with Crippen LogP contribution in [-0.2, 0) is 16.1 Å². The maximum atomic E-state index is 12.4. The smallest absolute Gasteiger partial charge is 0.321 e. The monoisotopic (exact) mass is 414 g/mol. The molecule has 1 saturated heterocycles. The van der Waals surface area contributed by atoms with Crippen molar-refractivity contribution >= 4 is 17.8 Å². The van der Waals surface area contributed by atoms with Crippen LogP contribution in [0.1, 0.15) is 51.0 Å². The van der Waals surface area contributed by atoms with E-state index >= 15 is 0 Å². The Kier molecular flexibility index (Phi) is 8.25. The van der Waals surface area contributed by atoms with Gasteiger partial charge in [-0.3, -0.25) is 19.8 Å². The van der Waals surface area contributed by atoms with Crippen molar-refractivity contribution in [3.63, 3.8) is 0 Å². The summed E-state index contributed by atoms with van der Waals surface area (Å²) < 4.78 is 0. The van der Waals surface area contributed by atoms with Gasteiger partial charge in [0.2, 0.25) is 11.8 Å². The van der Waals surface area contributed by atoms with Gasteiger partial charge in [-0.15, -0.1) is 0 Å². The molecular formula is C23H34N4O3. The topological polar surface area (TPSA) is 90.5 Å². The summed E-state index contributed by atoms with van der Waals surface area (Å²) in [6.07, 6.45) is 5.87. The van der Waals surface area contributed by atoms with Gasteiger partial charge in [0, 0.05) is 18.5 Å². The van der Waals surface area contributed by atoms with E-state index in [0.29, 0.717) is 25.6 Å². The SMILES string of the molecule is CC1CCCCC1NC(=O)NC(=O)CN1CCC(C(=O)NCc2ccccc2)CC1. The molecule has 2 atom stereocenters. The summed E-state index contributed by atoms with van der Waals surface area (Å²) in [5.41, 5.74) is 1.08. The molecule has 1 saturated carbocycles. The Balaban J connectivity index is 1.33. The van der Waals surface area contributed by atoms with E-state index in [1.807, 2.05) is 35.2 Å². The van der Waals surface area contributed by atoms with Crippen molar-refractivity contribution in [2.24, 2.45) is 11.8 Å². The molecule has 7 heteroatoms. The predicted molar refractivity (Wildman–Crippen MR) is 116 cm³/mol. The zero-order valence-corrected chi connectivity index (χ0v) is 17.9. The maximum absolute atomic E-state index is 12.4. The number of rotatable bonds is 6. The minimum absolute atomic E-state index is 0.0240. The van der Waals surface area contributed by atoms with Crippen molar-refractivity contribution in [1.82, 2.24) is 20.9 Å². The minimum Gasteiger partial charge on any atom is -0.352 e. The number of piperidine rings is 1. The number of carbonyl (C=O) groups excluding carboxylic acids is 3. The number of amides is 4. The number of urea groups is 1. The molecule has 1 aromatic rings. The summed E-state index contributed by atoms with van der Waals surface area (Å²) in [7, 11) is 0. The van der Waals surface area contributed by atoms with Crippen molar-refractivity contribution < 1.29 is 14.4 Å². The fourth-order valence-electron chi connectivity index (χ4n) is 4.39. The molecule has 30 heavy (non-hydrogen) atoms. The molecule has 7 nitrogen and oxygen atoms in total. The third-order valence-electron chi connectivity index (χ3n) is 6.32. The number of hydrogen-bond acceptors (Lipinski definition) is 4. The Morgan fingerprint density at radius 2 is 1.70 bits per heavy atom. The Bertz CT molecular complexity index is 716. The second kappa shape index (κ2) is 11.1. The summed E-state index contributed by atoms with van der Waals surface area (Å²) >= 11 is 0. The van der Waals surface area contributed by atoms with E-state index in [2.05, 4.69) is 22.9 Å². The Hall–Kier alpha value is -2.41.